The summed E-state index contributed by atoms with van der Waals surface area (Å²) in [5.41, 5.74) is 5.95. The lowest BCUT2D eigenvalue weighted by Crippen LogP contribution is -2.25. The van der Waals surface area contributed by atoms with Gasteiger partial charge in [-0.2, -0.15) is 10.1 Å². The van der Waals surface area contributed by atoms with Crippen LogP contribution in [0, 0.1) is 13.8 Å². The van der Waals surface area contributed by atoms with E-state index in [0.717, 1.165) is 16.8 Å². The molecule has 0 spiro atoms. The highest BCUT2D eigenvalue weighted by Crippen LogP contribution is 2.39. The number of carbonyl (C=O) groups is 2. The van der Waals surface area contributed by atoms with Crippen LogP contribution in [0.4, 0.5) is 5.69 Å². The minimum Gasteiger partial charge on any atom is -0.497 e. The molecule has 1 N–H and O–H groups in total. The zero-order chi connectivity index (χ0) is 27.5. The summed E-state index contributed by atoms with van der Waals surface area (Å²) in [7, 11) is 3.09. The summed E-state index contributed by atoms with van der Waals surface area (Å²) in [5, 5.41) is 9.48. The molecular formula is C30H30N4O4S. The number of hydrazone groups is 1. The van der Waals surface area contributed by atoms with Gasteiger partial charge in [-0.05, 0) is 25.0 Å². The van der Waals surface area contributed by atoms with E-state index in [1.54, 1.807) is 32.4 Å². The van der Waals surface area contributed by atoms with Gasteiger partial charge in [0.1, 0.15) is 16.7 Å². The second-order valence-corrected chi connectivity index (χ2v) is 10.8. The molecule has 8 nitrogen and oxygen atoms in total. The van der Waals surface area contributed by atoms with Crippen LogP contribution in [0.3, 0.4) is 0 Å². The molecule has 0 fully saturated rings. The molecule has 5 rings (SSSR count). The highest BCUT2D eigenvalue weighted by atomic mass is 32.2. The van der Waals surface area contributed by atoms with Crippen molar-refractivity contribution in [3.05, 3.63) is 89.0 Å². The Bertz CT molecular complexity index is 1430. The number of amides is 2. The molecule has 3 aromatic rings. The van der Waals surface area contributed by atoms with Crippen molar-refractivity contribution in [1.29, 1.82) is 0 Å². The number of aliphatic imine (C=N–C) groups is 1. The first-order valence-electron chi connectivity index (χ1n) is 12.7. The zero-order valence-corrected chi connectivity index (χ0v) is 23.1. The third kappa shape index (κ3) is 5.98. The van der Waals surface area contributed by atoms with E-state index in [4.69, 9.17) is 14.6 Å². The molecule has 0 unspecified atom stereocenters. The van der Waals surface area contributed by atoms with Gasteiger partial charge in [0.25, 0.3) is 5.91 Å². The minimum atomic E-state index is -0.634. The monoisotopic (exact) mass is 542 g/mol. The SMILES string of the molecule is COc1cc(NC(=O)C[C@@H]2SC(N3N=C(c4ccc(C)cc4)C[C@@H]3c3ccc(C)cc3)=NC2=O)cc(OC)c1. The fraction of sp³-hybridized carbons (Fsp3) is 0.267. The van der Waals surface area contributed by atoms with E-state index in [9.17, 15) is 9.59 Å². The van der Waals surface area contributed by atoms with Gasteiger partial charge in [0.2, 0.25) is 5.91 Å². The number of nitrogens with one attached hydrogen (secondary N) is 1. The average molecular weight is 543 g/mol. The summed E-state index contributed by atoms with van der Waals surface area (Å²) < 4.78 is 10.5. The van der Waals surface area contributed by atoms with E-state index >= 15 is 0 Å². The van der Waals surface area contributed by atoms with E-state index in [-0.39, 0.29) is 24.3 Å². The van der Waals surface area contributed by atoms with Crippen molar-refractivity contribution in [3.8, 4) is 11.5 Å². The Hall–Kier alpha value is -4.11. The lowest BCUT2D eigenvalue weighted by molar-refractivity contribution is -0.121. The summed E-state index contributed by atoms with van der Waals surface area (Å²) in [6.45, 7) is 4.11. The Morgan fingerprint density at radius 3 is 2.21 bits per heavy atom. The highest BCUT2D eigenvalue weighted by molar-refractivity contribution is 8.15. The summed E-state index contributed by atoms with van der Waals surface area (Å²) >= 11 is 1.28. The molecule has 2 aliphatic heterocycles. The number of hydrogen-bond acceptors (Lipinski definition) is 7. The molecule has 2 amide bonds. The summed E-state index contributed by atoms with van der Waals surface area (Å²) in [6.07, 6.45) is 0.663. The van der Waals surface area contributed by atoms with E-state index in [0.29, 0.717) is 28.8 Å². The van der Waals surface area contributed by atoms with Gasteiger partial charge in [-0.25, -0.2) is 5.01 Å². The van der Waals surface area contributed by atoms with Crippen LogP contribution in [0.1, 0.15) is 41.1 Å². The topological polar surface area (TPSA) is 92.6 Å². The van der Waals surface area contributed by atoms with Gasteiger partial charge in [-0.3, -0.25) is 9.59 Å². The Kier molecular flexibility index (Phi) is 7.70. The number of benzene rings is 3. The van der Waals surface area contributed by atoms with Crippen molar-refractivity contribution in [1.82, 2.24) is 5.01 Å². The molecule has 2 heterocycles. The smallest absolute Gasteiger partial charge is 0.262 e. The lowest BCUT2D eigenvalue weighted by atomic mass is 9.97. The molecule has 0 aromatic heterocycles. The number of hydrogen-bond donors (Lipinski definition) is 1. The molecule has 39 heavy (non-hydrogen) atoms. The standard InChI is InChI=1S/C30H30N4O4S/c1-18-5-9-20(10-6-18)25-16-26(21-11-7-19(2)8-12-21)34(33-25)30-32-29(36)27(39-30)17-28(35)31-22-13-23(37-3)15-24(14-22)38-4/h5-15,26-27H,16-17H2,1-4H3,(H,31,35)/t26-,27+/m1/s1. The van der Waals surface area contributed by atoms with Crippen LogP contribution in [0.15, 0.2) is 76.8 Å². The van der Waals surface area contributed by atoms with Crippen LogP contribution in [-0.2, 0) is 9.59 Å². The molecule has 0 bridgehead atoms. The summed E-state index contributed by atoms with van der Waals surface area (Å²) in [4.78, 5) is 30.1. The first-order chi connectivity index (χ1) is 18.8. The minimum absolute atomic E-state index is 0.0202. The van der Waals surface area contributed by atoms with Gasteiger partial charge in [-0.15, -0.1) is 0 Å². The summed E-state index contributed by atoms with van der Waals surface area (Å²) in [5.74, 6) is 0.475. The second kappa shape index (κ2) is 11.3. The largest absolute Gasteiger partial charge is 0.497 e. The number of nitrogens with zero attached hydrogens (tertiary/aromatic N) is 3. The van der Waals surface area contributed by atoms with Crippen LogP contribution in [-0.4, -0.2) is 47.2 Å². The van der Waals surface area contributed by atoms with Crippen LogP contribution in [0.2, 0.25) is 0 Å². The fourth-order valence-electron chi connectivity index (χ4n) is 4.52. The lowest BCUT2D eigenvalue weighted by Gasteiger charge is -2.23. The van der Waals surface area contributed by atoms with Crippen molar-refractivity contribution in [2.45, 2.75) is 38.0 Å². The molecule has 2 aliphatic rings. The number of methoxy groups -OCH3 is 2. The van der Waals surface area contributed by atoms with Gasteiger partial charge in [-0.1, -0.05) is 71.4 Å². The number of carbonyl (C=O) groups excluding carboxylic acids is 2. The van der Waals surface area contributed by atoms with Crippen molar-refractivity contribution < 1.29 is 19.1 Å². The molecule has 200 valence electrons. The molecule has 2 atom stereocenters. The maximum Gasteiger partial charge on any atom is 0.262 e. The number of aryl methyl sites for hydroxylation is 2. The maximum atomic E-state index is 12.9. The number of ether oxygens (including phenoxy) is 2. The predicted octanol–water partition coefficient (Wildman–Crippen LogP) is 5.50. The van der Waals surface area contributed by atoms with Crippen molar-refractivity contribution >= 4 is 40.1 Å². The van der Waals surface area contributed by atoms with Crippen LogP contribution >= 0.6 is 11.8 Å². The van der Waals surface area contributed by atoms with Gasteiger partial charge in [0, 0.05) is 36.7 Å². The molecular weight excluding hydrogens is 512 g/mol. The Labute approximate surface area is 232 Å². The third-order valence-electron chi connectivity index (χ3n) is 6.69. The number of amidine groups is 1. The Morgan fingerprint density at radius 1 is 0.974 bits per heavy atom. The third-order valence-corrected chi connectivity index (χ3v) is 7.83. The number of rotatable bonds is 7. The Morgan fingerprint density at radius 2 is 1.59 bits per heavy atom. The van der Waals surface area contributed by atoms with Crippen LogP contribution in [0.5, 0.6) is 11.5 Å². The number of anilines is 1. The van der Waals surface area contributed by atoms with Crippen molar-refractivity contribution in [2.75, 3.05) is 19.5 Å². The van der Waals surface area contributed by atoms with E-state index in [1.165, 1.54) is 22.9 Å². The fourth-order valence-corrected chi connectivity index (χ4v) is 5.58. The average Bonchev–Trinajstić information content (AvgIpc) is 3.53. The molecule has 0 saturated carbocycles. The number of thioether (sulfide) groups is 1. The molecule has 0 saturated heterocycles. The quantitative estimate of drug-likeness (QED) is 0.424. The molecule has 3 aromatic carbocycles. The zero-order valence-electron chi connectivity index (χ0n) is 22.3. The van der Waals surface area contributed by atoms with Crippen molar-refractivity contribution in [3.63, 3.8) is 0 Å². The van der Waals surface area contributed by atoms with Gasteiger partial charge in [0.15, 0.2) is 5.17 Å². The maximum absolute atomic E-state index is 12.9. The summed E-state index contributed by atoms with van der Waals surface area (Å²) in [6, 6.07) is 21.6. The van der Waals surface area contributed by atoms with Crippen molar-refractivity contribution in [2.24, 2.45) is 10.1 Å². The molecule has 9 heteroatoms. The first-order valence-corrected chi connectivity index (χ1v) is 13.5. The predicted molar refractivity (Wildman–Crippen MR) is 155 cm³/mol. The van der Waals surface area contributed by atoms with E-state index in [2.05, 4.69) is 72.7 Å². The van der Waals surface area contributed by atoms with Gasteiger partial charge < -0.3 is 14.8 Å². The van der Waals surface area contributed by atoms with E-state index < -0.39 is 5.25 Å². The normalized spacial score (nSPS) is 18.6. The van der Waals surface area contributed by atoms with E-state index in [1.807, 2.05) is 5.01 Å². The highest BCUT2D eigenvalue weighted by Gasteiger charge is 2.39. The Balaban J connectivity index is 1.33. The molecule has 0 radical (unpaired) electrons. The van der Waals surface area contributed by atoms with Crippen LogP contribution in [0.25, 0.3) is 0 Å². The molecule has 0 aliphatic carbocycles. The van der Waals surface area contributed by atoms with Gasteiger partial charge >= 0.3 is 0 Å². The second-order valence-electron chi connectivity index (χ2n) is 9.58. The van der Waals surface area contributed by atoms with Gasteiger partial charge in [0.05, 0.1) is 26.0 Å². The first kappa shape index (κ1) is 26.5. The van der Waals surface area contributed by atoms with Crippen LogP contribution < -0.4 is 14.8 Å².